The summed E-state index contributed by atoms with van der Waals surface area (Å²) in [5.41, 5.74) is 2.79. The van der Waals surface area contributed by atoms with Crippen LogP contribution in [0, 0.1) is 0 Å². The van der Waals surface area contributed by atoms with E-state index in [1.165, 1.54) is 12.1 Å². The van der Waals surface area contributed by atoms with Crippen molar-refractivity contribution in [2.45, 2.75) is 6.54 Å². The van der Waals surface area contributed by atoms with E-state index >= 15 is 0 Å². The molecule has 0 aliphatic carbocycles. The van der Waals surface area contributed by atoms with Crippen LogP contribution in [-0.2, 0) is 11.3 Å². The molecule has 0 saturated carbocycles. The van der Waals surface area contributed by atoms with Gasteiger partial charge in [0.15, 0.2) is 0 Å². The first kappa shape index (κ1) is 21.5. The van der Waals surface area contributed by atoms with Gasteiger partial charge < -0.3 is 20.3 Å². The molecule has 1 saturated heterocycles. The van der Waals surface area contributed by atoms with Crippen LogP contribution in [0.25, 0.3) is 11.1 Å². The number of aromatic hydroxyl groups is 1. The van der Waals surface area contributed by atoms with Gasteiger partial charge in [-0.15, -0.1) is 0 Å². The molecular formula is C25H24N2O5. The Hall–Kier alpha value is -3.68. The maximum Gasteiger partial charge on any atom is 0.337 e. The van der Waals surface area contributed by atoms with Crippen molar-refractivity contribution in [3.05, 3.63) is 83.4 Å². The Morgan fingerprint density at radius 1 is 0.906 bits per heavy atom. The molecule has 0 atom stereocenters. The molecule has 3 N–H and O–H groups in total. The second kappa shape index (κ2) is 9.64. The summed E-state index contributed by atoms with van der Waals surface area (Å²) < 4.78 is 5.36. The molecule has 1 fully saturated rings. The summed E-state index contributed by atoms with van der Waals surface area (Å²) in [5.74, 6) is -1.88. The Morgan fingerprint density at radius 2 is 1.66 bits per heavy atom. The number of morpholine rings is 1. The fourth-order valence-electron chi connectivity index (χ4n) is 3.71. The van der Waals surface area contributed by atoms with Gasteiger partial charge in [0, 0.05) is 19.6 Å². The third kappa shape index (κ3) is 4.96. The second-order valence-electron chi connectivity index (χ2n) is 7.63. The summed E-state index contributed by atoms with van der Waals surface area (Å²) in [7, 11) is 0. The minimum atomic E-state index is -1.15. The van der Waals surface area contributed by atoms with E-state index in [4.69, 9.17) is 4.74 Å². The zero-order valence-corrected chi connectivity index (χ0v) is 17.5. The number of ether oxygens (including phenoxy) is 1. The third-order valence-electron chi connectivity index (χ3n) is 5.42. The van der Waals surface area contributed by atoms with Crippen molar-refractivity contribution in [1.29, 1.82) is 0 Å². The topological polar surface area (TPSA) is 99.1 Å². The molecule has 0 unspecified atom stereocenters. The lowest BCUT2D eigenvalue weighted by Crippen LogP contribution is -2.35. The summed E-state index contributed by atoms with van der Waals surface area (Å²) in [6.07, 6.45) is 0. The maximum absolute atomic E-state index is 13.0. The third-order valence-corrected chi connectivity index (χ3v) is 5.42. The van der Waals surface area contributed by atoms with E-state index in [1.54, 1.807) is 24.3 Å². The van der Waals surface area contributed by atoms with Crippen LogP contribution < -0.4 is 5.32 Å². The molecule has 1 aliphatic heterocycles. The average Bonchev–Trinajstić information content (AvgIpc) is 2.81. The van der Waals surface area contributed by atoms with Gasteiger partial charge in [0.05, 0.1) is 30.0 Å². The van der Waals surface area contributed by atoms with Gasteiger partial charge in [0.25, 0.3) is 5.91 Å². The highest BCUT2D eigenvalue weighted by Gasteiger charge is 2.18. The first-order valence-electron chi connectivity index (χ1n) is 10.4. The standard InChI is InChI=1S/C25H24N2O5/c28-23-9-6-17(16-27-10-12-32-13-11-27)14-21(23)24(29)26-22-15-19(7-8-20(22)25(30)31)18-4-2-1-3-5-18/h1-9,14-15,28H,10-13,16H2,(H,26,29)(H,30,31). The number of nitrogens with one attached hydrogen (secondary N) is 1. The fourth-order valence-corrected chi connectivity index (χ4v) is 3.71. The predicted octanol–water partition coefficient (Wildman–Crippen LogP) is 3.84. The lowest BCUT2D eigenvalue weighted by molar-refractivity contribution is 0.0341. The van der Waals surface area contributed by atoms with Crippen molar-refractivity contribution >= 4 is 17.6 Å². The van der Waals surface area contributed by atoms with E-state index in [2.05, 4.69) is 10.2 Å². The van der Waals surface area contributed by atoms with Gasteiger partial charge >= 0.3 is 5.97 Å². The molecule has 0 bridgehead atoms. The predicted molar refractivity (Wildman–Crippen MR) is 121 cm³/mol. The quantitative estimate of drug-likeness (QED) is 0.547. The summed E-state index contributed by atoms with van der Waals surface area (Å²) in [6.45, 7) is 3.57. The monoisotopic (exact) mass is 432 g/mol. The number of aromatic carboxylic acids is 1. The molecule has 0 radical (unpaired) electrons. The number of hydrogen-bond donors (Lipinski definition) is 3. The largest absolute Gasteiger partial charge is 0.507 e. The molecule has 1 aliphatic rings. The van der Waals surface area contributed by atoms with E-state index in [9.17, 15) is 19.8 Å². The molecule has 32 heavy (non-hydrogen) atoms. The number of carboxylic acids is 1. The fraction of sp³-hybridized carbons (Fsp3) is 0.200. The van der Waals surface area contributed by atoms with Gasteiger partial charge in [0.1, 0.15) is 5.75 Å². The molecular weight excluding hydrogens is 408 g/mol. The van der Waals surface area contributed by atoms with E-state index < -0.39 is 11.9 Å². The van der Waals surface area contributed by atoms with Crippen molar-refractivity contribution in [3.63, 3.8) is 0 Å². The van der Waals surface area contributed by atoms with Crippen molar-refractivity contribution < 1.29 is 24.5 Å². The molecule has 3 aromatic rings. The second-order valence-corrected chi connectivity index (χ2v) is 7.63. The van der Waals surface area contributed by atoms with E-state index in [1.807, 2.05) is 30.3 Å². The van der Waals surface area contributed by atoms with Crippen LogP contribution in [0.2, 0.25) is 0 Å². The number of carbonyl (C=O) groups excluding carboxylic acids is 1. The smallest absolute Gasteiger partial charge is 0.337 e. The molecule has 164 valence electrons. The first-order chi connectivity index (χ1) is 15.5. The Kier molecular flexibility index (Phi) is 6.49. The Bertz CT molecular complexity index is 1120. The molecule has 7 nitrogen and oxygen atoms in total. The average molecular weight is 432 g/mol. The molecule has 0 aromatic heterocycles. The molecule has 7 heteroatoms. The van der Waals surface area contributed by atoms with Crippen LogP contribution >= 0.6 is 0 Å². The van der Waals surface area contributed by atoms with Gasteiger partial charge in [-0.25, -0.2) is 4.79 Å². The van der Waals surface area contributed by atoms with Crippen molar-refractivity contribution in [3.8, 4) is 16.9 Å². The number of carboxylic acid groups (broad SMARTS) is 1. The van der Waals surface area contributed by atoms with Crippen LogP contribution in [0.3, 0.4) is 0 Å². The van der Waals surface area contributed by atoms with Crippen LogP contribution in [0.5, 0.6) is 5.75 Å². The normalized spacial score (nSPS) is 14.1. The molecule has 3 aromatic carbocycles. The Balaban J connectivity index is 1.60. The van der Waals surface area contributed by atoms with Crippen LogP contribution in [0.1, 0.15) is 26.3 Å². The molecule has 0 spiro atoms. The lowest BCUT2D eigenvalue weighted by Gasteiger charge is -2.26. The zero-order valence-electron chi connectivity index (χ0n) is 17.5. The maximum atomic E-state index is 13.0. The van der Waals surface area contributed by atoms with E-state index in [-0.39, 0.29) is 22.6 Å². The van der Waals surface area contributed by atoms with Crippen LogP contribution in [0.15, 0.2) is 66.7 Å². The Morgan fingerprint density at radius 3 is 2.38 bits per heavy atom. The number of amides is 1. The van der Waals surface area contributed by atoms with Gasteiger partial charge in [0.2, 0.25) is 0 Å². The van der Waals surface area contributed by atoms with Gasteiger partial charge in [-0.2, -0.15) is 0 Å². The highest BCUT2D eigenvalue weighted by molar-refractivity contribution is 6.09. The molecule has 1 amide bonds. The highest BCUT2D eigenvalue weighted by atomic mass is 16.5. The zero-order chi connectivity index (χ0) is 22.5. The lowest BCUT2D eigenvalue weighted by atomic mass is 10.0. The number of nitrogens with zero attached hydrogens (tertiary/aromatic N) is 1. The number of phenolic OH excluding ortho intramolecular Hbond substituents is 1. The summed E-state index contributed by atoms with van der Waals surface area (Å²) >= 11 is 0. The highest BCUT2D eigenvalue weighted by Crippen LogP contribution is 2.28. The van der Waals surface area contributed by atoms with Crippen molar-refractivity contribution in [2.24, 2.45) is 0 Å². The van der Waals surface area contributed by atoms with Gasteiger partial charge in [-0.1, -0.05) is 42.5 Å². The number of anilines is 1. The molecule has 1 heterocycles. The van der Waals surface area contributed by atoms with E-state index in [0.717, 1.165) is 29.8 Å². The number of phenols is 1. The number of carbonyl (C=O) groups is 2. The number of rotatable bonds is 6. The van der Waals surface area contributed by atoms with Crippen LogP contribution in [0.4, 0.5) is 5.69 Å². The van der Waals surface area contributed by atoms with Crippen LogP contribution in [-0.4, -0.2) is 53.3 Å². The summed E-state index contributed by atoms with van der Waals surface area (Å²) in [4.78, 5) is 26.9. The minimum absolute atomic E-state index is 0.0259. The van der Waals surface area contributed by atoms with Gasteiger partial charge in [-0.05, 0) is 41.0 Å². The van der Waals surface area contributed by atoms with Crippen molar-refractivity contribution in [2.75, 3.05) is 31.6 Å². The van der Waals surface area contributed by atoms with E-state index in [0.29, 0.717) is 19.8 Å². The summed E-state index contributed by atoms with van der Waals surface area (Å²) in [6, 6.07) is 19.2. The Labute approximate surface area is 185 Å². The number of benzene rings is 3. The summed E-state index contributed by atoms with van der Waals surface area (Å²) in [5, 5.41) is 22.5. The van der Waals surface area contributed by atoms with Crippen molar-refractivity contribution in [1.82, 2.24) is 4.90 Å². The number of hydrogen-bond acceptors (Lipinski definition) is 5. The first-order valence-corrected chi connectivity index (χ1v) is 10.4. The van der Waals surface area contributed by atoms with Gasteiger partial charge in [-0.3, -0.25) is 9.69 Å². The molecule has 4 rings (SSSR count). The minimum Gasteiger partial charge on any atom is -0.507 e. The SMILES string of the molecule is O=C(Nc1cc(-c2ccccc2)ccc1C(=O)O)c1cc(CN2CCOCC2)ccc1O.